The average Bonchev–Trinajstić information content (AvgIpc) is 2.98. The number of aromatic amines is 1. The predicted molar refractivity (Wildman–Crippen MR) is 65.4 cm³/mol. The highest BCUT2D eigenvalue weighted by molar-refractivity contribution is 9.10. The molecule has 0 aliphatic heterocycles. The number of nitrogens with zero attached hydrogens (tertiary/aromatic N) is 1. The van der Waals surface area contributed by atoms with E-state index in [1.165, 1.54) is 13.5 Å². The lowest BCUT2D eigenvalue weighted by Crippen LogP contribution is -2.28. The Hall–Kier alpha value is -0.840. The third kappa shape index (κ3) is 1.90. The summed E-state index contributed by atoms with van der Waals surface area (Å²) < 4.78 is 5.90. The van der Waals surface area contributed by atoms with Crippen LogP contribution >= 0.6 is 15.9 Å². The Balaban J connectivity index is 1.89. The highest BCUT2D eigenvalue weighted by atomic mass is 79.9. The van der Waals surface area contributed by atoms with E-state index in [4.69, 9.17) is 4.74 Å². The Bertz CT molecular complexity index is 445. The van der Waals surface area contributed by atoms with E-state index < -0.39 is 0 Å². The molecule has 0 radical (unpaired) electrons. The first-order chi connectivity index (χ1) is 8.20. The second kappa shape index (κ2) is 4.12. The van der Waals surface area contributed by atoms with E-state index in [1.807, 2.05) is 6.20 Å². The van der Waals surface area contributed by atoms with Gasteiger partial charge in [0.2, 0.25) is 0 Å². The van der Waals surface area contributed by atoms with E-state index in [0.717, 1.165) is 34.8 Å². The van der Waals surface area contributed by atoms with Crippen LogP contribution in [0, 0.1) is 17.8 Å². The molecular formula is C12H15BrN2O2. The summed E-state index contributed by atoms with van der Waals surface area (Å²) in [5.74, 6) is 1.63. The van der Waals surface area contributed by atoms with E-state index in [2.05, 4.69) is 26.1 Å². The molecule has 2 unspecified atom stereocenters. The molecule has 4 nitrogen and oxygen atoms in total. The monoisotopic (exact) mass is 298 g/mol. The number of hydrogen-bond donors (Lipinski definition) is 1. The van der Waals surface area contributed by atoms with Gasteiger partial charge in [-0.2, -0.15) is 5.10 Å². The fourth-order valence-electron chi connectivity index (χ4n) is 3.13. The van der Waals surface area contributed by atoms with Crippen molar-refractivity contribution in [3.05, 3.63) is 16.4 Å². The summed E-state index contributed by atoms with van der Waals surface area (Å²) in [5.41, 5.74) is 0.978. The van der Waals surface area contributed by atoms with Gasteiger partial charge in [-0.3, -0.25) is 9.89 Å². The summed E-state index contributed by atoms with van der Waals surface area (Å²) in [6.07, 6.45) is 5.11. The van der Waals surface area contributed by atoms with Crippen molar-refractivity contribution in [2.45, 2.75) is 25.2 Å². The van der Waals surface area contributed by atoms with Gasteiger partial charge in [0.25, 0.3) is 0 Å². The van der Waals surface area contributed by atoms with Crippen LogP contribution in [0.3, 0.4) is 0 Å². The van der Waals surface area contributed by atoms with Crippen molar-refractivity contribution in [3.63, 3.8) is 0 Å². The maximum Gasteiger partial charge on any atom is 0.309 e. The fraction of sp³-hybridized carbons (Fsp3) is 0.667. The van der Waals surface area contributed by atoms with Crippen molar-refractivity contribution in [1.29, 1.82) is 0 Å². The first kappa shape index (κ1) is 11.3. The number of nitrogens with one attached hydrogen (secondary N) is 1. The maximum atomic E-state index is 11.9. The summed E-state index contributed by atoms with van der Waals surface area (Å²) in [7, 11) is 1.47. The Kier molecular flexibility index (Phi) is 2.73. The van der Waals surface area contributed by atoms with Crippen molar-refractivity contribution >= 4 is 21.9 Å². The number of H-pyrrole nitrogens is 1. The lowest BCUT2D eigenvalue weighted by molar-refractivity contribution is -0.147. The summed E-state index contributed by atoms with van der Waals surface area (Å²) in [4.78, 5) is 11.9. The molecule has 17 heavy (non-hydrogen) atoms. The topological polar surface area (TPSA) is 55.0 Å². The van der Waals surface area contributed by atoms with Crippen LogP contribution < -0.4 is 0 Å². The van der Waals surface area contributed by atoms with E-state index in [-0.39, 0.29) is 17.8 Å². The molecule has 0 bridgehead atoms. The van der Waals surface area contributed by atoms with Gasteiger partial charge in [0.15, 0.2) is 0 Å². The SMILES string of the molecule is COC(=O)[C@@H]1CC2CC2C[C@H]1c1n[nH]cc1Br. The molecule has 2 fully saturated rings. The zero-order chi connectivity index (χ0) is 12.0. The number of esters is 1. The predicted octanol–water partition coefficient (Wildman–Crippen LogP) is 2.47. The standard InChI is InChI=1S/C12H15BrN2O2/c1-17-12(16)9-4-7-2-6(7)3-8(9)11-10(13)5-14-15-11/h5-9H,2-4H2,1H3,(H,14,15)/t6?,7?,8-,9-/m1/s1. The zero-order valence-electron chi connectivity index (χ0n) is 9.65. The molecule has 0 saturated heterocycles. The van der Waals surface area contributed by atoms with Crippen molar-refractivity contribution in [2.75, 3.05) is 7.11 Å². The summed E-state index contributed by atoms with van der Waals surface area (Å²) in [5, 5.41) is 7.13. The molecule has 1 aromatic heterocycles. The zero-order valence-corrected chi connectivity index (χ0v) is 11.2. The third-order valence-corrected chi connectivity index (χ3v) is 4.78. The van der Waals surface area contributed by atoms with Crippen LogP contribution in [0.15, 0.2) is 10.7 Å². The third-order valence-electron chi connectivity index (χ3n) is 4.14. The number of carbonyl (C=O) groups excluding carboxylic acids is 1. The largest absolute Gasteiger partial charge is 0.469 e. The fourth-order valence-corrected chi connectivity index (χ4v) is 3.61. The number of carbonyl (C=O) groups is 1. The highest BCUT2D eigenvalue weighted by Gasteiger charge is 2.50. The average molecular weight is 299 g/mol. The van der Waals surface area contributed by atoms with Gasteiger partial charge in [0, 0.05) is 12.1 Å². The highest BCUT2D eigenvalue weighted by Crippen LogP contribution is 2.56. The van der Waals surface area contributed by atoms with Gasteiger partial charge in [-0.05, 0) is 47.0 Å². The smallest absolute Gasteiger partial charge is 0.309 e. The number of rotatable bonds is 2. The van der Waals surface area contributed by atoms with Gasteiger partial charge in [0.1, 0.15) is 0 Å². The minimum absolute atomic E-state index is 0.0247. The van der Waals surface area contributed by atoms with Gasteiger partial charge in [-0.1, -0.05) is 0 Å². The quantitative estimate of drug-likeness (QED) is 0.854. The van der Waals surface area contributed by atoms with E-state index >= 15 is 0 Å². The Morgan fingerprint density at radius 2 is 2.24 bits per heavy atom. The van der Waals surface area contributed by atoms with Crippen LogP contribution in [0.4, 0.5) is 0 Å². The molecule has 2 aliphatic carbocycles. The van der Waals surface area contributed by atoms with Crippen LogP contribution in [0.1, 0.15) is 30.9 Å². The van der Waals surface area contributed by atoms with E-state index in [9.17, 15) is 4.79 Å². The molecular weight excluding hydrogens is 284 g/mol. The molecule has 1 N–H and O–H groups in total. The Labute approximate surface area is 108 Å². The first-order valence-electron chi connectivity index (χ1n) is 5.97. The van der Waals surface area contributed by atoms with Crippen LogP contribution in [-0.4, -0.2) is 23.3 Å². The van der Waals surface area contributed by atoms with Crippen molar-refractivity contribution in [3.8, 4) is 0 Å². The maximum absolute atomic E-state index is 11.9. The van der Waals surface area contributed by atoms with Gasteiger partial charge in [-0.15, -0.1) is 0 Å². The number of fused-ring (bicyclic) bond motifs is 1. The van der Waals surface area contributed by atoms with Gasteiger partial charge in [0.05, 0.1) is 23.2 Å². The van der Waals surface area contributed by atoms with Gasteiger partial charge in [-0.25, -0.2) is 0 Å². The van der Waals surface area contributed by atoms with Crippen LogP contribution in [-0.2, 0) is 9.53 Å². The Morgan fingerprint density at radius 1 is 1.47 bits per heavy atom. The summed E-state index contributed by atoms with van der Waals surface area (Å²) in [6.45, 7) is 0. The molecule has 0 spiro atoms. The molecule has 2 saturated carbocycles. The lowest BCUT2D eigenvalue weighted by Gasteiger charge is -2.28. The van der Waals surface area contributed by atoms with Crippen molar-refractivity contribution in [2.24, 2.45) is 17.8 Å². The second-order valence-corrected chi connectivity index (χ2v) is 5.94. The number of hydrogen-bond acceptors (Lipinski definition) is 3. The molecule has 2 aliphatic rings. The van der Waals surface area contributed by atoms with E-state index in [1.54, 1.807) is 0 Å². The van der Waals surface area contributed by atoms with E-state index in [0.29, 0.717) is 0 Å². The number of ether oxygens (including phenoxy) is 1. The first-order valence-corrected chi connectivity index (χ1v) is 6.77. The van der Waals surface area contributed by atoms with Crippen LogP contribution in [0.2, 0.25) is 0 Å². The van der Waals surface area contributed by atoms with Crippen molar-refractivity contribution < 1.29 is 9.53 Å². The molecule has 4 atom stereocenters. The van der Waals surface area contributed by atoms with Crippen molar-refractivity contribution in [1.82, 2.24) is 10.2 Å². The van der Waals surface area contributed by atoms with Gasteiger partial charge >= 0.3 is 5.97 Å². The van der Waals surface area contributed by atoms with Crippen LogP contribution in [0.25, 0.3) is 0 Å². The molecule has 1 aromatic rings. The number of halogens is 1. The van der Waals surface area contributed by atoms with Crippen LogP contribution in [0.5, 0.6) is 0 Å². The molecule has 92 valence electrons. The summed E-state index contributed by atoms with van der Waals surface area (Å²) >= 11 is 3.49. The molecule has 3 rings (SSSR count). The molecule has 0 aromatic carbocycles. The number of methoxy groups -OCH3 is 1. The molecule has 5 heteroatoms. The second-order valence-electron chi connectivity index (χ2n) is 5.08. The summed E-state index contributed by atoms with van der Waals surface area (Å²) in [6, 6.07) is 0. The normalized spacial score (nSPS) is 35.2. The Morgan fingerprint density at radius 3 is 2.88 bits per heavy atom. The minimum Gasteiger partial charge on any atom is -0.469 e. The molecule has 0 amide bonds. The number of aromatic nitrogens is 2. The lowest BCUT2D eigenvalue weighted by atomic mass is 9.77. The minimum atomic E-state index is -0.0877. The van der Waals surface area contributed by atoms with Gasteiger partial charge < -0.3 is 4.74 Å². The molecule has 1 heterocycles.